The molecule has 0 bridgehead atoms. The van der Waals surface area contributed by atoms with Crippen molar-refractivity contribution in [1.82, 2.24) is 0 Å². The van der Waals surface area contributed by atoms with Gasteiger partial charge in [0.25, 0.3) is 0 Å². The highest BCUT2D eigenvalue weighted by Crippen LogP contribution is 2.21. The highest BCUT2D eigenvalue weighted by Gasteiger charge is 2.14. The van der Waals surface area contributed by atoms with E-state index in [1.165, 1.54) is 19.3 Å². The first-order valence-corrected chi connectivity index (χ1v) is 4.92. The van der Waals surface area contributed by atoms with E-state index < -0.39 is 0 Å². The molecular weight excluding hydrogens is 192 g/mol. The molecule has 0 aromatic carbocycles. The highest BCUT2D eigenvalue weighted by atomic mass is 79.9. The van der Waals surface area contributed by atoms with Crippen molar-refractivity contribution < 1.29 is 4.74 Å². The summed E-state index contributed by atoms with van der Waals surface area (Å²) in [5.74, 6) is 0.808. The zero-order valence-corrected chi connectivity index (χ0v) is 8.06. The van der Waals surface area contributed by atoms with Gasteiger partial charge in [-0.2, -0.15) is 0 Å². The summed E-state index contributed by atoms with van der Waals surface area (Å²) >= 11 is 3.55. The van der Waals surface area contributed by atoms with Crippen molar-refractivity contribution in [2.75, 3.05) is 13.2 Å². The Morgan fingerprint density at radius 1 is 1.70 bits per heavy atom. The number of rotatable bonds is 2. The van der Waals surface area contributed by atoms with Gasteiger partial charge in [0.2, 0.25) is 0 Å². The molecule has 0 amide bonds. The van der Waals surface area contributed by atoms with Crippen LogP contribution in [-0.2, 0) is 4.74 Å². The molecule has 1 saturated heterocycles. The van der Waals surface area contributed by atoms with Gasteiger partial charge in [-0.3, -0.25) is 0 Å². The minimum Gasteiger partial charge on any atom is -0.381 e. The van der Waals surface area contributed by atoms with E-state index in [1.54, 1.807) is 0 Å². The smallest absolute Gasteiger partial charge is 0.0494 e. The first-order valence-electron chi connectivity index (χ1n) is 4.01. The molecule has 0 aromatic heterocycles. The lowest BCUT2D eigenvalue weighted by Crippen LogP contribution is -2.19. The molecule has 0 aliphatic carbocycles. The van der Waals surface area contributed by atoms with Crippen molar-refractivity contribution in [2.24, 2.45) is 5.92 Å². The Morgan fingerprint density at radius 3 is 3.00 bits per heavy atom. The molecule has 1 rings (SSSR count). The van der Waals surface area contributed by atoms with Gasteiger partial charge in [0.15, 0.2) is 0 Å². The molecule has 1 heterocycles. The summed E-state index contributed by atoms with van der Waals surface area (Å²) in [6.07, 6.45) is 3.88. The van der Waals surface area contributed by atoms with E-state index in [2.05, 4.69) is 22.9 Å². The number of alkyl halides is 1. The Balaban J connectivity index is 2.13. The first kappa shape index (κ1) is 8.54. The summed E-state index contributed by atoms with van der Waals surface area (Å²) in [6, 6.07) is 0. The molecule has 0 spiro atoms. The topological polar surface area (TPSA) is 9.23 Å². The molecule has 1 fully saturated rings. The molecule has 1 nitrogen and oxygen atoms in total. The number of hydrogen-bond donors (Lipinski definition) is 0. The average Bonchev–Trinajstić information content (AvgIpc) is 1.88. The molecule has 2 atom stereocenters. The summed E-state index contributed by atoms with van der Waals surface area (Å²) in [6.45, 7) is 4.16. The SMILES string of the molecule is CC(Br)CC1CCCOC1. The highest BCUT2D eigenvalue weighted by molar-refractivity contribution is 9.09. The second-order valence-electron chi connectivity index (χ2n) is 3.10. The normalized spacial score (nSPS) is 30.0. The van der Waals surface area contributed by atoms with Crippen molar-refractivity contribution in [2.45, 2.75) is 31.0 Å². The molecule has 10 heavy (non-hydrogen) atoms. The lowest BCUT2D eigenvalue weighted by atomic mass is 9.97. The molecule has 0 N–H and O–H groups in total. The standard InChI is InChI=1S/C8H15BrO/c1-7(9)5-8-3-2-4-10-6-8/h7-8H,2-6H2,1H3. The van der Waals surface area contributed by atoms with Gasteiger partial charge in [-0.05, 0) is 25.2 Å². The fraction of sp³-hybridized carbons (Fsp3) is 1.00. The van der Waals surface area contributed by atoms with Crippen LogP contribution in [0.25, 0.3) is 0 Å². The summed E-state index contributed by atoms with van der Waals surface area (Å²) in [5.41, 5.74) is 0. The van der Waals surface area contributed by atoms with E-state index in [0.717, 1.165) is 19.1 Å². The number of halogens is 1. The van der Waals surface area contributed by atoms with E-state index in [1.807, 2.05) is 0 Å². The fourth-order valence-electron chi connectivity index (χ4n) is 1.45. The maximum atomic E-state index is 5.36. The van der Waals surface area contributed by atoms with Gasteiger partial charge in [-0.25, -0.2) is 0 Å². The van der Waals surface area contributed by atoms with Crippen LogP contribution in [0.4, 0.5) is 0 Å². The predicted molar refractivity (Wildman–Crippen MR) is 46.5 cm³/mol. The van der Waals surface area contributed by atoms with Crippen molar-refractivity contribution in [3.63, 3.8) is 0 Å². The number of hydrogen-bond acceptors (Lipinski definition) is 1. The van der Waals surface area contributed by atoms with Gasteiger partial charge in [0.05, 0.1) is 0 Å². The van der Waals surface area contributed by atoms with Gasteiger partial charge in [-0.1, -0.05) is 22.9 Å². The van der Waals surface area contributed by atoms with E-state index in [4.69, 9.17) is 4.74 Å². The van der Waals surface area contributed by atoms with Crippen LogP contribution in [0.15, 0.2) is 0 Å². The lowest BCUT2D eigenvalue weighted by Gasteiger charge is -2.22. The van der Waals surface area contributed by atoms with Crippen molar-refractivity contribution >= 4 is 15.9 Å². The molecular formula is C8H15BrO. The van der Waals surface area contributed by atoms with Crippen LogP contribution in [0.3, 0.4) is 0 Å². The lowest BCUT2D eigenvalue weighted by molar-refractivity contribution is 0.0521. The third-order valence-electron chi connectivity index (χ3n) is 1.91. The van der Waals surface area contributed by atoms with E-state index in [-0.39, 0.29) is 0 Å². The Bertz CT molecular complexity index is 87.3. The molecule has 2 heteroatoms. The molecule has 1 aliphatic heterocycles. The summed E-state index contributed by atoms with van der Waals surface area (Å²) in [4.78, 5) is 0.652. The summed E-state index contributed by atoms with van der Waals surface area (Å²) in [5, 5.41) is 0. The zero-order valence-electron chi connectivity index (χ0n) is 6.48. The van der Waals surface area contributed by atoms with Crippen LogP contribution in [0.2, 0.25) is 0 Å². The van der Waals surface area contributed by atoms with E-state index >= 15 is 0 Å². The molecule has 60 valence electrons. The third-order valence-corrected chi connectivity index (χ3v) is 2.29. The van der Waals surface area contributed by atoms with Gasteiger partial charge in [-0.15, -0.1) is 0 Å². The maximum Gasteiger partial charge on any atom is 0.0494 e. The van der Waals surface area contributed by atoms with Crippen molar-refractivity contribution in [1.29, 1.82) is 0 Å². The summed E-state index contributed by atoms with van der Waals surface area (Å²) < 4.78 is 5.36. The molecule has 0 saturated carbocycles. The van der Waals surface area contributed by atoms with Crippen LogP contribution in [0.5, 0.6) is 0 Å². The molecule has 1 aliphatic rings. The van der Waals surface area contributed by atoms with Gasteiger partial charge >= 0.3 is 0 Å². The minimum absolute atomic E-state index is 0.652. The first-order chi connectivity index (χ1) is 4.79. The van der Waals surface area contributed by atoms with Crippen molar-refractivity contribution in [3.05, 3.63) is 0 Å². The second-order valence-corrected chi connectivity index (χ2v) is 4.66. The average molecular weight is 207 g/mol. The monoisotopic (exact) mass is 206 g/mol. The van der Waals surface area contributed by atoms with E-state index in [0.29, 0.717) is 4.83 Å². The molecule has 0 aromatic rings. The minimum atomic E-state index is 0.652. The van der Waals surface area contributed by atoms with Crippen LogP contribution in [-0.4, -0.2) is 18.0 Å². The fourth-order valence-corrected chi connectivity index (χ4v) is 1.98. The summed E-state index contributed by atoms with van der Waals surface area (Å²) in [7, 11) is 0. The Hall–Kier alpha value is 0.440. The van der Waals surface area contributed by atoms with Crippen LogP contribution in [0, 0.1) is 5.92 Å². The third kappa shape index (κ3) is 3.02. The van der Waals surface area contributed by atoms with Crippen molar-refractivity contribution in [3.8, 4) is 0 Å². The van der Waals surface area contributed by atoms with Crippen LogP contribution in [0.1, 0.15) is 26.2 Å². The van der Waals surface area contributed by atoms with Gasteiger partial charge in [0.1, 0.15) is 0 Å². The van der Waals surface area contributed by atoms with Crippen LogP contribution < -0.4 is 0 Å². The molecule has 0 radical (unpaired) electrons. The predicted octanol–water partition coefficient (Wildman–Crippen LogP) is 2.59. The van der Waals surface area contributed by atoms with E-state index in [9.17, 15) is 0 Å². The Labute approximate surface area is 71.3 Å². The molecule has 2 unspecified atom stereocenters. The quantitative estimate of drug-likeness (QED) is 0.632. The maximum absolute atomic E-state index is 5.36. The zero-order chi connectivity index (χ0) is 7.40. The van der Waals surface area contributed by atoms with Gasteiger partial charge < -0.3 is 4.74 Å². The second kappa shape index (κ2) is 4.35. The largest absolute Gasteiger partial charge is 0.381 e. The van der Waals surface area contributed by atoms with Gasteiger partial charge in [0, 0.05) is 18.0 Å². The number of ether oxygens (including phenoxy) is 1. The Morgan fingerprint density at radius 2 is 2.50 bits per heavy atom. The Kier molecular flexibility index (Phi) is 3.71. The van der Waals surface area contributed by atoms with Crippen LogP contribution >= 0.6 is 15.9 Å².